The molecule has 2 atom stereocenters. The van der Waals surface area contributed by atoms with Crippen molar-refractivity contribution in [1.29, 1.82) is 0 Å². The van der Waals surface area contributed by atoms with E-state index >= 15 is 0 Å². The van der Waals surface area contributed by atoms with Crippen molar-refractivity contribution in [3.05, 3.63) is 29.8 Å². The lowest BCUT2D eigenvalue weighted by Gasteiger charge is -2.21. The summed E-state index contributed by atoms with van der Waals surface area (Å²) in [6.45, 7) is 2.31. The molecule has 21 heavy (non-hydrogen) atoms. The van der Waals surface area contributed by atoms with Gasteiger partial charge in [0.1, 0.15) is 6.04 Å². The summed E-state index contributed by atoms with van der Waals surface area (Å²) in [5.41, 5.74) is 1.82. The van der Waals surface area contributed by atoms with Crippen molar-refractivity contribution in [2.24, 2.45) is 0 Å². The Morgan fingerprint density at radius 2 is 2.05 bits per heavy atom. The normalized spacial score (nSPS) is 22.0. The van der Waals surface area contributed by atoms with Gasteiger partial charge in [0, 0.05) is 18.7 Å². The molecule has 1 aliphatic heterocycles. The Bertz CT molecular complexity index is 515. The van der Waals surface area contributed by atoms with Gasteiger partial charge < -0.3 is 15.2 Å². The first-order chi connectivity index (χ1) is 9.99. The van der Waals surface area contributed by atoms with E-state index in [1.807, 2.05) is 31.2 Å². The lowest BCUT2D eigenvalue weighted by Crippen LogP contribution is -2.41. The maximum atomic E-state index is 12.0. The lowest BCUT2D eigenvalue weighted by atomic mass is 10.2. The molecular weight excluding hydrogens is 272 g/mol. The minimum Gasteiger partial charge on any atom is -0.468 e. The van der Waals surface area contributed by atoms with Gasteiger partial charge in [-0.05, 0) is 19.1 Å². The van der Waals surface area contributed by atoms with Gasteiger partial charge in [0.05, 0.1) is 19.8 Å². The first kappa shape index (κ1) is 15.5. The molecule has 2 unspecified atom stereocenters. The molecule has 0 aliphatic carbocycles. The quantitative estimate of drug-likeness (QED) is 0.792. The molecule has 1 heterocycles. The number of benzene rings is 1. The van der Waals surface area contributed by atoms with Gasteiger partial charge >= 0.3 is 5.97 Å². The van der Waals surface area contributed by atoms with Crippen LogP contribution in [0.5, 0.6) is 0 Å². The summed E-state index contributed by atoms with van der Waals surface area (Å²) in [7, 11) is 1.30. The number of carbonyl (C=O) groups is 2. The summed E-state index contributed by atoms with van der Waals surface area (Å²) in [4.78, 5) is 25.3. The second kappa shape index (κ2) is 6.69. The van der Waals surface area contributed by atoms with Crippen molar-refractivity contribution in [2.45, 2.75) is 25.5 Å². The van der Waals surface area contributed by atoms with Crippen LogP contribution in [0.3, 0.4) is 0 Å². The highest BCUT2D eigenvalue weighted by Gasteiger charge is 2.37. The van der Waals surface area contributed by atoms with Crippen molar-refractivity contribution >= 4 is 17.6 Å². The molecule has 1 fully saturated rings. The summed E-state index contributed by atoms with van der Waals surface area (Å²) in [6, 6.07) is 6.90. The molecule has 1 amide bonds. The number of rotatable bonds is 4. The monoisotopic (exact) mass is 292 g/mol. The van der Waals surface area contributed by atoms with Gasteiger partial charge in [-0.15, -0.1) is 0 Å². The molecule has 1 aromatic rings. The maximum Gasteiger partial charge on any atom is 0.323 e. The van der Waals surface area contributed by atoms with E-state index in [0.717, 1.165) is 5.56 Å². The molecule has 1 aliphatic rings. The van der Waals surface area contributed by atoms with Crippen molar-refractivity contribution in [3.63, 3.8) is 0 Å². The Morgan fingerprint density at radius 1 is 1.38 bits per heavy atom. The number of aliphatic hydroxyl groups excluding tert-OH is 1. The Hall–Kier alpha value is -1.92. The second-order valence-electron chi connectivity index (χ2n) is 5.27. The zero-order valence-corrected chi connectivity index (χ0v) is 12.2. The van der Waals surface area contributed by atoms with E-state index in [2.05, 4.69) is 5.32 Å². The predicted octanol–water partition coefficient (Wildman–Crippen LogP) is 0.542. The third-order valence-electron chi connectivity index (χ3n) is 3.54. The number of carbonyl (C=O) groups excluding carboxylic acids is 2. The number of nitrogens with one attached hydrogen (secondary N) is 1. The van der Waals surface area contributed by atoms with Crippen LogP contribution in [0.2, 0.25) is 0 Å². The molecule has 0 aromatic heterocycles. The zero-order chi connectivity index (χ0) is 15.4. The number of anilines is 1. The number of esters is 1. The molecule has 0 radical (unpaired) electrons. The van der Waals surface area contributed by atoms with E-state index in [9.17, 15) is 14.7 Å². The van der Waals surface area contributed by atoms with Gasteiger partial charge in [-0.2, -0.15) is 0 Å². The second-order valence-corrected chi connectivity index (χ2v) is 5.27. The summed E-state index contributed by atoms with van der Waals surface area (Å²) in [6.07, 6.45) is -0.314. The molecule has 0 saturated carbocycles. The predicted molar refractivity (Wildman–Crippen MR) is 77.8 cm³/mol. The van der Waals surface area contributed by atoms with Crippen LogP contribution in [0, 0.1) is 6.92 Å². The first-order valence-electron chi connectivity index (χ1n) is 6.86. The molecule has 1 aromatic carbocycles. The number of aliphatic hydroxyl groups is 1. The molecule has 0 spiro atoms. The molecule has 0 bridgehead atoms. The molecule has 1 saturated heterocycles. The number of likely N-dealkylation sites (tertiary alicyclic amines) is 1. The molecule has 6 nitrogen and oxygen atoms in total. The number of methoxy groups -OCH3 is 1. The Labute approximate surface area is 123 Å². The fraction of sp³-hybridized carbons (Fsp3) is 0.467. The van der Waals surface area contributed by atoms with Gasteiger partial charge in [-0.3, -0.25) is 14.5 Å². The smallest absolute Gasteiger partial charge is 0.323 e. The van der Waals surface area contributed by atoms with Gasteiger partial charge in [0.25, 0.3) is 0 Å². The topological polar surface area (TPSA) is 78.9 Å². The van der Waals surface area contributed by atoms with E-state index in [1.54, 1.807) is 4.90 Å². The largest absolute Gasteiger partial charge is 0.468 e. The van der Waals surface area contributed by atoms with E-state index in [0.29, 0.717) is 18.7 Å². The van der Waals surface area contributed by atoms with E-state index < -0.39 is 18.1 Å². The minimum atomic E-state index is -0.610. The van der Waals surface area contributed by atoms with Crippen LogP contribution in [0.15, 0.2) is 24.3 Å². The fourth-order valence-corrected chi connectivity index (χ4v) is 2.46. The first-order valence-corrected chi connectivity index (χ1v) is 6.86. The number of β-amino-alcohol motifs (C(OH)–C–C–N with tert-alkyl or cyclic N) is 1. The summed E-state index contributed by atoms with van der Waals surface area (Å²) in [5, 5.41) is 12.4. The van der Waals surface area contributed by atoms with Crippen molar-refractivity contribution in [1.82, 2.24) is 4.90 Å². The number of amides is 1. The van der Waals surface area contributed by atoms with Gasteiger partial charge in [-0.25, -0.2) is 0 Å². The Kier molecular flexibility index (Phi) is 4.93. The molecule has 6 heteroatoms. The van der Waals surface area contributed by atoms with E-state index in [-0.39, 0.29) is 12.5 Å². The number of hydrogen-bond donors (Lipinski definition) is 2. The molecule has 114 valence electrons. The third-order valence-corrected chi connectivity index (χ3v) is 3.54. The van der Waals surface area contributed by atoms with E-state index in [1.165, 1.54) is 7.11 Å². The summed E-state index contributed by atoms with van der Waals surface area (Å²) >= 11 is 0. The van der Waals surface area contributed by atoms with Crippen LogP contribution >= 0.6 is 0 Å². The van der Waals surface area contributed by atoms with Crippen molar-refractivity contribution < 1.29 is 19.4 Å². The number of ether oxygens (including phenoxy) is 1. The van der Waals surface area contributed by atoms with Crippen LogP contribution in [0.1, 0.15) is 12.0 Å². The SMILES string of the molecule is COC(=O)C1CC(O)CN1CC(=O)Nc1ccc(C)cc1. The van der Waals surface area contributed by atoms with Gasteiger partial charge in [0.15, 0.2) is 0 Å². The van der Waals surface area contributed by atoms with Crippen LogP contribution in [0.4, 0.5) is 5.69 Å². The lowest BCUT2D eigenvalue weighted by molar-refractivity contribution is -0.146. The fourth-order valence-electron chi connectivity index (χ4n) is 2.46. The molecular formula is C15H20N2O4. The average molecular weight is 292 g/mol. The van der Waals surface area contributed by atoms with Crippen LogP contribution in [-0.4, -0.2) is 54.2 Å². The highest BCUT2D eigenvalue weighted by Crippen LogP contribution is 2.19. The average Bonchev–Trinajstić information content (AvgIpc) is 2.81. The standard InChI is InChI=1S/C15H20N2O4/c1-10-3-5-11(6-4-10)16-14(19)9-17-8-12(18)7-13(17)15(20)21-2/h3-6,12-13,18H,7-9H2,1-2H3,(H,16,19). The zero-order valence-electron chi connectivity index (χ0n) is 12.2. The van der Waals surface area contributed by atoms with Crippen LogP contribution in [-0.2, 0) is 14.3 Å². The Morgan fingerprint density at radius 3 is 2.67 bits per heavy atom. The maximum absolute atomic E-state index is 12.0. The number of hydrogen-bond acceptors (Lipinski definition) is 5. The molecule has 2 rings (SSSR count). The minimum absolute atomic E-state index is 0.0463. The third kappa shape index (κ3) is 4.03. The number of aryl methyl sites for hydroxylation is 1. The highest BCUT2D eigenvalue weighted by molar-refractivity contribution is 5.92. The van der Waals surface area contributed by atoms with Crippen molar-refractivity contribution in [3.8, 4) is 0 Å². The summed E-state index contributed by atoms with van der Waals surface area (Å²) in [5.74, 6) is -0.642. The summed E-state index contributed by atoms with van der Waals surface area (Å²) < 4.78 is 4.70. The van der Waals surface area contributed by atoms with Gasteiger partial charge in [-0.1, -0.05) is 17.7 Å². The molecule has 2 N–H and O–H groups in total. The highest BCUT2D eigenvalue weighted by atomic mass is 16.5. The van der Waals surface area contributed by atoms with Crippen molar-refractivity contribution in [2.75, 3.05) is 25.5 Å². The van der Waals surface area contributed by atoms with E-state index in [4.69, 9.17) is 4.74 Å². The van der Waals surface area contributed by atoms with Crippen LogP contribution < -0.4 is 5.32 Å². The Balaban J connectivity index is 1.94. The van der Waals surface area contributed by atoms with Crippen LogP contribution in [0.25, 0.3) is 0 Å². The number of nitrogens with zero attached hydrogens (tertiary/aromatic N) is 1. The van der Waals surface area contributed by atoms with Gasteiger partial charge in [0.2, 0.25) is 5.91 Å².